The highest BCUT2D eigenvalue weighted by Gasteiger charge is 2.30. The molecule has 0 radical (unpaired) electrons. The lowest BCUT2D eigenvalue weighted by molar-refractivity contribution is -0.116. The minimum absolute atomic E-state index is 0.0260. The van der Waals surface area contributed by atoms with Crippen LogP contribution in [0.4, 0.5) is 4.39 Å². The number of hydrogen-bond donors (Lipinski definition) is 1. The van der Waals surface area contributed by atoms with Gasteiger partial charge in [-0.15, -0.1) is 22.7 Å². The maximum absolute atomic E-state index is 13.2. The van der Waals surface area contributed by atoms with E-state index in [-0.39, 0.29) is 35.4 Å². The number of Topliss-reactive ketones (excluding diaryl/α,β-unsaturated/α-hetero) is 1. The van der Waals surface area contributed by atoms with E-state index in [2.05, 4.69) is 4.98 Å². The molecule has 0 bridgehead atoms. The summed E-state index contributed by atoms with van der Waals surface area (Å²) >= 11 is 2.73. The van der Waals surface area contributed by atoms with E-state index < -0.39 is 0 Å². The standard InChI is InChI=1S/C27H19FN2O5S2/c1-30-13-15-11-22(21-3-2-10-33-21)37-27(15)26(32)25(30)19(31)12-23-29-18(14-36-23)20-8-9-24(35-20)34-17-6-4-16(28)5-7-17/h2-11,14,32H,12-13H2,1H3. The summed E-state index contributed by atoms with van der Waals surface area (Å²) in [7, 11) is 1.79. The van der Waals surface area contributed by atoms with Gasteiger partial charge in [-0.1, -0.05) is 0 Å². The van der Waals surface area contributed by atoms with Crippen molar-refractivity contribution >= 4 is 34.2 Å². The third-order valence-corrected chi connectivity index (χ3v) is 7.84. The molecule has 5 aromatic rings. The molecule has 0 spiro atoms. The lowest BCUT2D eigenvalue weighted by Crippen LogP contribution is -2.29. The Balaban J connectivity index is 1.18. The second-order valence-corrected chi connectivity index (χ2v) is 10.4. The molecule has 1 aliphatic heterocycles. The molecule has 1 aliphatic rings. The highest BCUT2D eigenvalue weighted by Crippen LogP contribution is 2.40. The van der Waals surface area contributed by atoms with Gasteiger partial charge in [0.15, 0.2) is 17.3 Å². The summed E-state index contributed by atoms with van der Waals surface area (Å²) in [6, 6.07) is 14.7. The third-order valence-electron chi connectivity index (χ3n) is 5.80. The molecule has 0 atom stereocenters. The van der Waals surface area contributed by atoms with Crippen LogP contribution in [-0.4, -0.2) is 27.8 Å². The number of rotatable bonds is 7. The largest absolute Gasteiger partial charge is 0.504 e. The number of benzene rings is 1. The number of halogens is 1. The quantitative estimate of drug-likeness (QED) is 0.237. The number of hydrogen-bond acceptors (Lipinski definition) is 9. The average molecular weight is 535 g/mol. The summed E-state index contributed by atoms with van der Waals surface area (Å²) in [5, 5.41) is 13.4. The molecular formula is C27H19FN2O5S2. The van der Waals surface area contributed by atoms with Crippen LogP contribution in [0.25, 0.3) is 27.9 Å². The number of aliphatic hydroxyl groups is 1. The maximum atomic E-state index is 13.2. The van der Waals surface area contributed by atoms with Gasteiger partial charge >= 0.3 is 0 Å². The first kappa shape index (κ1) is 23.3. The first-order valence-electron chi connectivity index (χ1n) is 11.3. The number of fused-ring (bicyclic) bond motifs is 1. The SMILES string of the molecule is CN1Cc2cc(-c3ccco3)sc2C(O)=C1C(=O)Cc1nc(-c2ccc(Oc3ccc(F)cc3)o2)cs1. The number of carbonyl (C=O) groups is 1. The summed E-state index contributed by atoms with van der Waals surface area (Å²) in [5.74, 6) is 1.30. The van der Waals surface area contributed by atoms with Crippen molar-refractivity contribution in [3.8, 4) is 33.8 Å². The molecule has 0 aliphatic carbocycles. The van der Waals surface area contributed by atoms with Crippen molar-refractivity contribution in [2.24, 2.45) is 0 Å². The lowest BCUT2D eigenvalue weighted by Gasteiger charge is -2.27. The molecule has 0 unspecified atom stereocenters. The maximum Gasteiger partial charge on any atom is 0.290 e. The van der Waals surface area contributed by atoms with Crippen molar-refractivity contribution in [1.82, 2.24) is 9.88 Å². The number of aliphatic hydroxyl groups excluding tert-OH is 1. The number of thiazole rings is 1. The molecule has 0 saturated carbocycles. The van der Waals surface area contributed by atoms with Crippen LogP contribution in [0.1, 0.15) is 15.4 Å². The van der Waals surface area contributed by atoms with Crippen LogP contribution >= 0.6 is 22.7 Å². The Morgan fingerprint density at radius 2 is 2.03 bits per heavy atom. The molecule has 37 heavy (non-hydrogen) atoms. The molecular weight excluding hydrogens is 515 g/mol. The van der Waals surface area contributed by atoms with Gasteiger partial charge in [0.1, 0.15) is 33.7 Å². The number of carbonyl (C=O) groups excluding carboxylic acids is 1. The zero-order valence-electron chi connectivity index (χ0n) is 19.4. The predicted molar refractivity (Wildman–Crippen MR) is 138 cm³/mol. The van der Waals surface area contributed by atoms with Crippen molar-refractivity contribution < 1.29 is 27.9 Å². The van der Waals surface area contributed by atoms with Crippen molar-refractivity contribution in [3.63, 3.8) is 0 Å². The van der Waals surface area contributed by atoms with E-state index in [0.717, 1.165) is 16.2 Å². The van der Waals surface area contributed by atoms with Gasteiger partial charge in [0.2, 0.25) is 0 Å². The fourth-order valence-electron chi connectivity index (χ4n) is 4.11. The first-order chi connectivity index (χ1) is 17.9. The molecule has 186 valence electrons. The number of nitrogens with zero attached hydrogens (tertiary/aromatic N) is 2. The van der Waals surface area contributed by atoms with Gasteiger partial charge in [-0.3, -0.25) is 4.79 Å². The number of furan rings is 2. The van der Waals surface area contributed by atoms with Gasteiger partial charge in [0.05, 0.1) is 22.4 Å². The summed E-state index contributed by atoms with van der Waals surface area (Å²) in [4.78, 5) is 21.1. The Hall–Kier alpha value is -4.15. The molecule has 6 rings (SSSR count). The molecule has 1 aromatic carbocycles. The van der Waals surface area contributed by atoms with Gasteiger partial charge in [-0.2, -0.15) is 0 Å². The lowest BCUT2D eigenvalue weighted by atomic mass is 10.0. The highest BCUT2D eigenvalue weighted by atomic mass is 32.1. The number of ketones is 1. The fourth-order valence-corrected chi connectivity index (χ4v) is 5.98. The summed E-state index contributed by atoms with van der Waals surface area (Å²) in [6.07, 6.45) is 1.65. The Morgan fingerprint density at radius 1 is 1.19 bits per heavy atom. The summed E-state index contributed by atoms with van der Waals surface area (Å²) in [6.45, 7) is 0.504. The zero-order valence-corrected chi connectivity index (χ0v) is 21.1. The van der Waals surface area contributed by atoms with Crippen molar-refractivity contribution in [3.05, 3.63) is 93.2 Å². The molecule has 4 aromatic heterocycles. The monoisotopic (exact) mass is 534 g/mol. The van der Waals surface area contributed by atoms with Gasteiger partial charge in [0.25, 0.3) is 5.95 Å². The minimum Gasteiger partial charge on any atom is -0.504 e. The second-order valence-electron chi connectivity index (χ2n) is 8.40. The molecule has 0 saturated heterocycles. The average Bonchev–Trinajstić information content (AvgIpc) is 3.67. The minimum atomic E-state index is -0.352. The van der Waals surface area contributed by atoms with Crippen molar-refractivity contribution in [1.29, 1.82) is 0 Å². The molecule has 0 amide bonds. The molecule has 5 heterocycles. The zero-order chi connectivity index (χ0) is 25.5. The van der Waals surface area contributed by atoms with E-state index in [1.165, 1.54) is 46.9 Å². The Bertz CT molecular complexity index is 1610. The predicted octanol–water partition coefficient (Wildman–Crippen LogP) is 7.14. The normalized spacial score (nSPS) is 13.2. The van der Waals surface area contributed by atoms with Crippen molar-refractivity contribution in [2.45, 2.75) is 13.0 Å². The Labute approximate surface area is 218 Å². The second kappa shape index (κ2) is 9.38. The number of thiophene rings is 1. The van der Waals surface area contributed by atoms with Crippen LogP contribution in [0.15, 0.2) is 80.8 Å². The summed E-state index contributed by atoms with van der Waals surface area (Å²) in [5.41, 5.74) is 1.78. The van der Waals surface area contributed by atoms with E-state index in [4.69, 9.17) is 13.6 Å². The smallest absolute Gasteiger partial charge is 0.290 e. The summed E-state index contributed by atoms with van der Waals surface area (Å²) < 4.78 is 29.9. The van der Waals surface area contributed by atoms with Crippen LogP contribution < -0.4 is 4.74 Å². The van der Waals surface area contributed by atoms with E-state index in [9.17, 15) is 14.3 Å². The Kier molecular flexibility index (Phi) is 5.90. The molecule has 7 nitrogen and oxygen atoms in total. The van der Waals surface area contributed by atoms with Crippen molar-refractivity contribution in [2.75, 3.05) is 7.05 Å². The van der Waals surface area contributed by atoms with Gasteiger partial charge in [0, 0.05) is 25.0 Å². The van der Waals surface area contributed by atoms with E-state index >= 15 is 0 Å². The van der Waals surface area contributed by atoms with Crippen LogP contribution in [0, 0.1) is 5.82 Å². The third kappa shape index (κ3) is 4.56. The van der Waals surface area contributed by atoms with E-state index in [1.807, 2.05) is 18.2 Å². The van der Waals surface area contributed by atoms with Crippen LogP contribution in [0.3, 0.4) is 0 Å². The van der Waals surface area contributed by atoms with Gasteiger partial charge in [-0.05, 0) is 54.1 Å². The molecule has 0 fully saturated rings. The number of aromatic nitrogens is 1. The first-order valence-corrected chi connectivity index (χ1v) is 13.0. The number of ether oxygens (including phenoxy) is 1. The molecule has 10 heteroatoms. The van der Waals surface area contributed by atoms with Crippen LogP contribution in [0.2, 0.25) is 0 Å². The Morgan fingerprint density at radius 3 is 2.81 bits per heavy atom. The van der Waals surface area contributed by atoms with Gasteiger partial charge < -0.3 is 23.6 Å². The highest BCUT2D eigenvalue weighted by molar-refractivity contribution is 7.16. The van der Waals surface area contributed by atoms with E-state index in [0.29, 0.717) is 33.6 Å². The number of allylic oxidation sites excluding steroid dienone is 1. The van der Waals surface area contributed by atoms with E-state index in [1.54, 1.807) is 35.7 Å². The molecule has 1 N–H and O–H groups in total. The topological polar surface area (TPSA) is 88.9 Å². The number of likely N-dealkylation sites (N-methyl/N-ethyl adjacent to an activating group) is 1. The van der Waals surface area contributed by atoms with Crippen LogP contribution in [0.5, 0.6) is 11.7 Å². The van der Waals surface area contributed by atoms with Gasteiger partial charge in [-0.25, -0.2) is 9.37 Å². The fraction of sp³-hybridized carbons (Fsp3) is 0.111. The van der Waals surface area contributed by atoms with Crippen LogP contribution in [-0.2, 0) is 17.8 Å².